The average Bonchev–Trinajstić information content (AvgIpc) is 2.88. The van der Waals surface area contributed by atoms with Crippen LogP contribution in [-0.4, -0.2) is 36.7 Å². The van der Waals surface area contributed by atoms with E-state index in [4.69, 9.17) is 9.47 Å². The van der Waals surface area contributed by atoms with Crippen molar-refractivity contribution in [2.24, 2.45) is 0 Å². The zero-order chi connectivity index (χ0) is 23.2. The van der Waals surface area contributed by atoms with Gasteiger partial charge in [-0.15, -0.1) is 0 Å². The van der Waals surface area contributed by atoms with Crippen LogP contribution in [0.2, 0.25) is 0 Å². The second-order valence-corrected chi connectivity index (χ2v) is 7.75. The van der Waals surface area contributed by atoms with E-state index >= 15 is 0 Å². The van der Waals surface area contributed by atoms with Gasteiger partial charge in [-0.2, -0.15) is 0 Å². The molecule has 1 atom stereocenters. The number of ether oxygens (including phenoxy) is 2. The number of methoxy groups -OCH3 is 2. The number of benzene rings is 4. The Morgan fingerprint density at radius 1 is 0.818 bits per heavy atom. The molecule has 0 aliphatic carbocycles. The Labute approximate surface area is 193 Å². The molecule has 0 bridgehead atoms. The van der Waals surface area contributed by atoms with Crippen molar-refractivity contribution in [3.05, 3.63) is 108 Å². The fourth-order valence-corrected chi connectivity index (χ4v) is 4.10. The summed E-state index contributed by atoms with van der Waals surface area (Å²) in [6.45, 7) is 0.142. The van der Waals surface area contributed by atoms with Crippen LogP contribution in [0.3, 0.4) is 0 Å². The highest BCUT2D eigenvalue weighted by Crippen LogP contribution is 2.32. The second-order valence-electron chi connectivity index (χ2n) is 7.75. The van der Waals surface area contributed by atoms with E-state index in [2.05, 4.69) is 0 Å². The molecular formula is C28H27NO4. The largest absolute Gasteiger partial charge is 0.497 e. The van der Waals surface area contributed by atoms with Crippen LogP contribution >= 0.6 is 0 Å². The molecule has 5 nitrogen and oxygen atoms in total. The molecule has 4 aromatic rings. The third-order valence-corrected chi connectivity index (χ3v) is 5.84. The standard InChI is InChI=1S/C28H27NO4/c1-32-22-14-12-20(13-15-22)18-29(26(19-30)21-8-4-3-5-9-21)28(31)25-16-17-27(33-2)24-11-7-6-10-23(24)25/h3-17,26,30H,18-19H2,1-2H3/t26-/m0/s1. The Balaban J connectivity index is 1.80. The molecular weight excluding hydrogens is 414 g/mol. The predicted octanol–water partition coefficient (Wildman–Crippen LogP) is 5.23. The SMILES string of the molecule is COc1ccc(CN(C(=O)c2ccc(OC)c3ccccc23)[C@@H](CO)c2ccccc2)cc1. The van der Waals surface area contributed by atoms with Crippen molar-refractivity contribution in [1.29, 1.82) is 0 Å². The minimum atomic E-state index is -0.498. The fourth-order valence-electron chi connectivity index (χ4n) is 4.10. The topological polar surface area (TPSA) is 59.0 Å². The molecule has 33 heavy (non-hydrogen) atoms. The van der Waals surface area contributed by atoms with Crippen molar-refractivity contribution in [3.63, 3.8) is 0 Å². The van der Waals surface area contributed by atoms with Crippen molar-refractivity contribution >= 4 is 16.7 Å². The molecule has 5 heteroatoms. The van der Waals surface area contributed by atoms with Crippen LogP contribution in [0.25, 0.3) is 10.8 Å². The predicted molar refractivity (Wildman–Crippen MR) is 130 cm³/mol. The van der Waals surface area contributed by atoms with E-state index in [1.54, 1.807) is 25.2 Å². The van der Waals surface area contributed by atoms with Gasteiger partial charge in [-0.25, -0.2) is 0 Å². The van der Waals surface area contributed by atoms with Crippen molar-refractivity contribution in [2.75, 3.05) is 20.8 Å². The monoisotopic (exact) mass is 441 g/mol. The highest BCUT2D eigenvalue weighted by molar-refractivity contribution is 6.08. The van der Waals surface area contributed by atoms with E-state index in [1.807, 2.05) is 84.9 Å². The van der Waals surface area contributed by atoms with E-state index in [0.29, 0.717) is 17.9 Å². The first kappa shape index (κ1) is 22.4. The van der Waals surface area contributed by atoms with Crippen molar-refractivity contribution < 1.29 is 19.4 Å². The minimum Gasteiger partial charge on any atom is -0.497 e. The number of aliphatic hydroxyl groups is 1. The summed E-state index contributed by atoms with van der Waals surface area (Å²) in [6.07, 6.45) is 0. The highest BCUT2D eigenvalue weighted by atomic mass is 16.5. The Bertz CT molecular complexity index is 1220. The number of carbonyl (C=O) groups excluding carboxylic acids is 1. The van der Waals surface area contributed by atoms with Gasteiger partial charge in [0, 0.05) is 17.5 Å². The van der Waals surface area contributed by atoms with Crippen molar-refractivity contribution in [3.8, 4) is 11.5 Å². The third-order valence-electron chi connectivity index (χ3n) is 5.84. The maximum Gasteiger partial charge on any atom is 0.255 e. The van der Waals surface area contributed by atoms with Gasteiger partial charge in [0.05, 0.1) is 26.9 Å². The number of hydrogen-bond donors (Lipinski definition) is 1. The van der Waals surface area contributed by atoms with Gasteiger partial charge < -0.3 is 19.5 Å². The molecule has 0 unspecified atom stereocenters. The smallest absolute Gasteiger partial charge is 0.255 e. The van der Waals surface area contributed by atoms with Gasteiger partial charge in [0.15, 0.2) is 0 Å². The maximum atomic E-state index is 14.0. The van der Waals surface area contributed by atoms with Gasteiger partial charge in [0.25, 0.3) is 5.91 Å². The number of nitrogens with zero attached hydrogens (tertiary/aromatic N) is 1. The van der Waals surface area contributed by atoms with E-state index in [-0.39, 0.29) is 12.5 Å². The number of aliphatic hydroxyl groups excluding tert-OH is 1. The van der Waals surface area contributed by atoms with E-state index in [0.717, 1.165) is 27.6 Å². The van der Waals surface area contributed by atoms with E-state index in [1.165, 1.54) is 0 Å². The van der Waals surface area contributed by atoms with Gasteiger partial charge in [-0.3, -0.25) is 4.79 Å². The summed E-state index contributed by atoms with van der Waals surface area (Å²) in [4.78, 5) is 15.7. The molecule has 1 amide bonds. The summed E-state index contributed by atoms with van der Waals surface area (Å²) in [5, 5.41) is 12.0. The van der Waals surface area contributed by atoms with Crippen molar-refractivity contribution in [2.45, 2.75) is 12.6 Å². The molecule has 0 aliphatic rings. The quantitative estimate of drug-likeness (QED) is 0.407. The molecule has 0 saturated heterocycles. The molecule has 0 spiro atoms. The molecule has 4 aromatic carbocycles. The molecule has 0 heterocycles. The molecule has 0 saturated carbocycles. The normalized spacial score (nSPS) is 11.7. The zero-order valence-corrected chi connectivity index (χ0v) is 18.8. The van der Waals surface area contributed by atoms with Crippen LogP contribution in [-0.2, 0) is 6.54 Å². The number of hydrogen-bond acceptors (Lipinski definition) is 4. The van der Waals surface area contributed by atoms with Gasteiger partial charge in [-0.1, -0.05) is 66.7 Å². The van der Waals surface area contributed by atoms with Crippen LogP contribution in [0.4, 0.5) is 0 Å². The molecule has 4 rings (SSSR count). The summed E-state index contributed by atoms with van der Waals surface area (Å²) >= 11 is 0. The molecule has 168 valence electrons. The van der Waals surface area contributed by atoms with E-state index in [9.17, 15) is 9.90 Å². The Morgan fingerprint density at radius 3 is 2.12 bits per heavy atom. The lowest BCUT2D eigenvalue weighted by atomic mass is 9.99. The first-order valence-electron chi connectivity index (χ1n) is 10.8. The van der Waals surface area contributed by atoms with Gasteiger partial charge in [0.1, 0.15) is 11.5 Å². The second kappa shape index (κ2) is 10.2. The summed E-state index contributed by atoms with van der Waals surface area (Å²) < 4.78 is 10.8. The lowest BCUT2D eigenvalue weighted by Gasteiger charge is -2.32. The van der Waals surface area contributed by atoms with Crippen LogP contribution in [0, 0.1) is 0 Å². The first-order chi connectivity index (χ1) is 16.2. The summed E-state index contributed by atoms with van der Waals surface area (Å²) in [6, 6.07) is 28.0. The number of carbonyl (C=O) groups is 1. The molecule has 0 aliphatic heterocycles. The lowest BCUT2D eigenvalue weighted by Crippen LogP contribution is -2.36. The Morgan fingerprint density at radius 2 is 1.48 bits per heavy atom. The van der Waals surface area contributed by atoms with Crippen LogP contribution in [0.1, 0.15) is 27.5 Å². The first-order valence-corrected chi connectivity index (χ1v) is 10.8. The van der Waals surface area contributed by atoms with Crippen LogP contribution in [0.15, 0.2) is 91.0 Å². The van der Waals surface area contributed by atoms with Crippen LogP contribution < -0.4 is 9.47 Å². The van der Waals surface area contributed by atoms with Gasteiger partial charge >= 0.3 is 0 Å². The Kier molecular flexibility index (Phi) is 6.91. The third kappa shape index (κ3) is 4.69. The van der Waals surface area contributed by atoms with E-state index < -0.39 is 6.04 Å². The number of rotatable bonds is 8. The average molecular weight is 442 g/mol. The summed E-state index contributed by atoms with van der Waals surface area (Å²) in [5.41, 5.74) is 2.38. The molecule has 1 N–H and O–H groups in total. The summed E-state index contributed by atoms with van der Waals surface area (Å²) in [7, 11) is 3.24. The zero-order valence-electron chi connectivity index (χ0n) is 18.8. The fraction of sp³-hybridized carbons (Fsp3) is 0.179. The minimum absolute atomic E-state index is 0.160. The lowest BCUT2D eigenvalue weighted by molar-refractivity contribution is 0.0570. The Hall–Kier alpha value is -3.83. The number of amides is 1. The van der Waals surface area contributed by atoms with Crippen LogP contribution in [0.5, 0.6) is 11.5 Å². The molecule has 0 aromatic heterocycles. The van der Waals surface area contributed by atoms with Crippen molar-refractivity contribution in [1.82, 2.24) is 4.90 Å². The van der Waals surface area contributed by atoms with Gasteiger partial charge in [0.2, 0.25) is 0 Å². The maximum absolute atomic E-state index is 14.0. The molecule has 0 fully saturated rings. The molecule has 0 radical (unpaired) electrons. The number of fused-ring (bicyclic) bond motifs is 1. The van der Waals surface area contributed by atoms with Gasteiger partial charge in [-0.05, 0) is 40.8 Å². The highest BCUT2D eigenvalue weighted by Gasteiger charge is 2.27. The summed E-state index contributed by atoms with van der Waals surface area (Å²) in [5.74, 6) is 1.30.